The number of carbonyl (C=O) groups excluding carboxylic acids is 4. The summed E-state index contributed by atoms with van der Waals surface area (Å²) in [4.78, 5) is 53.4. The van der Waals surface area contributed by atoms with Gasteiger partial charge in [0.15, 0.2) is 0 Å². The maximum absolute atomic E-state index is 12.9. The number of ether oxygens (including phenoxy) is 2. The Bertz CT molecular complexity index is 944. The maximum Gasteiger partial charge on any atom is 0.331 e. The average molecular weight is 639 g/mol. The first-order valence-corrected chi connectivity index (χ1v) is 18.1. The molecule has 0 N–H and O–H groups in total. The molecule has 2 aliphatic carbocycles. The summed E-state index contributed by atoms with van der Waals surface area (Å²) in [5, 5.41) is 0. The van der Waals surface area contributed by atoms with E-state index in [1.807, 2.05) is 0 Å². The summed E-state index contributed by atoms with van der Waals surface area (Å²) in [7, 11) is 0. The molecular formula is C38H58N2O6. The van der Waals surface area contributed by atoms with Crippen LogP contribution in [-0.4, -0.2) is 49.4 Å². The van der Waals surface area contributed by atoms with Crippen LogP contribution in [-0.2, 0) is 28.7 Å². The minimum atomic E-state index is -0.484. The Kier molecular flexibility index (Phi) is 23.0. The maximum atomic E-state index is 12.9. The molecular weight excluding hydrogens is 580 g/mol. The average Bonchev–Trinajstić information content (AvgIpc) is 3.47. The van der Waals surface area contributed by atoms with Gasteiger partial charge in [-0.15, -0.1) is 0 Å². The van der Waals surface area contributed by atoms with Crippen molar-refractivity contribution in [1.82, 2.24) is 0 Å². The molecule has 0 radical (unpaired) electrons. The van der Waals surface area contributed by atoms with Crippen LogP contribution in [0.1, 0.15) is 141 Å². The molecule has 0 saturated heterocycles. The second-order valence-electron chi connectivity index (χ2n) is 13.0. The molecule has 0 aromatic heterocycles. The summed E-state index contributed by atoms with van der Waals surface area (Å²) >= 11 is 0. The minimum absolute atomic E-state index is 0.175. The zero-order valence-corrected chi connectivity index (χ0v) is 28.1. The predicted octanol–water partition coefficient (Wildman–Crippen LogP) is 8.99. The molecule has 0 aromatic rings. The molecule has 0 fully saturated rings. The third-order valence-electron chi connectivity index (χ3n) is 9.07. The molecule has 256 valence electrons. The van der Waals surface area contributed by atoms with Crippen molar-refractivity contribution in [3.05, 3.63) is 36.5 Å². The van der Waals surface area contributed by atoms with Gasteiger partial charge in [0.05, 0.1) is 13.1 Å². The van der Waals surface area contributed by atoms with Crippen molar-refractivity contribution in [2.75, 3.05) is 13.1 Å². The van der Waals surface area contributed by atoms with E-state index >= 15 is 0 Å². The van der Waals surface area contributed by atoms with Crippen molar-refractivity contribution in [3.63, 3.8) is 0 Å². The van der Waals surface area contributed by atoms with E-state index < -0.39 is 11.9 Å². The van der Waals surface area contributed by atoms with Gasteiger partial charge in [0.25, 0.3) is 0 Å². The predicted molar refractivity (Wildman–Crippen MR) is 182 cm³/mol. The Balaban J connectivity index is 1.86. The normalized spacial score (nSPS) is 19.3. The van der Waals surface area contributed by atoms with Gasteiger partial charge in [-0.3, -0.25) is 0 Å². The lowest BCUT2D eigenvalue weighted by Gasteiger charge is -2.23. The zero-order valence-electron chi connectivity index (χ0n) is 28.1. The van der Waals surface area contributed by atoms with Crippen LogP contribution in [0, 0.1) is 11.8 Å². The standard InChI is InChI=1S/C38H58N2O6/c41-31-39-27-17-9-1-3-15-23-35(29-33-19-11-5-6-12-20-33)45-37(43)25-26-38(44)46-36(30-34-21-13-7-8-14-22-34)24-16-4-2-10-18-28-40-32-42/h5,7,11,13,25-26,33-36H,1-4,6,8-10,12,14-24,27-30H2/b26-25+. The van der Waals surface area contributed by atoms with Crippen molar-refractivity contribution in [2.24, 2.45) is 21.8 Å². The lowest BCUT2D eigenvalue weighted by Crippen LogP contribution is -2.22. The third-order valence-corrected chi connectivity index (χ3v) is 9.07. The molecule has 46 heavy (non-hydrogen) atoms. The summed E-state index contributed by atoms with van der Waals surface area (Å²) in [5.74, 6) is 0.0247. The molecule has 0 aromatic carbocycles. The van der Waals surface area contributed by atoms with Gasteiger partial charge < -0.3 is 9.47 Å². The molecule has 0 spiro atoms. The Morgan fingerprint density at radius 3 is 1.48 bits per heavy atom. The fourth-order valence-electron chi connectivity index (χ4n) is 6.54. The number of nitrogens with zero attached hydrogens (tertiary/aromatic N) is 2. The molecule has 8 heteroatoms. The summed E-state index contributed by atoms with van der Waals surface area (Å²) in [6.45, 7) is 1.07. The van der Waals surface area contributed by atoms with E-state index in [2.05, 4.69) is 34.3 Å². The van der Waals surface area contributed by atoms with Gasteiger partial charge in [0.1, 0.15) is 12.2 Å². The molecule has 0 aliphatic heterocycles. The lowest BCUT2D eigenvalue weighted by atomic mass is 9.92. The molecule has 8 nitrogen and oxygen atoms in total. The van der Waals surface area contributed by atoms with Crippen molar-refractivity contribution in [3.8, 4) is 0 Å². The van der Waals surface area contributed by atoms with E-state index in [1.54, 1.807) is 12.2 Å². The van der Waals surface area contributed by atoms with Crippen LogP contribution in [0.5, 0.6) is 0 Å². The van der Waals surface area contributed by atoms with Crippen molar-refractivity contribution >= 4 is 24.1 Å². The molecule has 4 atom stereocenters. The van der Waals surface area contributed by atoms with Gasteiger partial charge in [0.2, 0.25) is 12.2 Å². The first-order chi connectivity index (χ1) is 22.6. The SMILES string of the molecule is O=C=NCCCCCCCC(CC1CC=CCCC1)OC(=O)/C=C/C(=O)OC(CCCCCCCN=C=O)CC1CC=CCCC1. The highest BCUT2D eigenvalue weighted by Gasteiger charge is 2.21. The van der Waals surface area contributed by atoms with Gasteiger partial charge in [-0.25, -0.2) is 29.2 Å². The van der Waals surface area contributed by atoms with Crippen LogP contribution in [0.4, 0.5) is 0 Å². The number of carbonyl (C=O) groups is 2. The number of hydrogen-bond acceptors (Lipinski definition) is 8. The van der Waals surface area contributed by atoms with Crippen LogP contribution < -0.4 is 0 Å². The second kappa shape index (κ2) is 27.1. The van der Waals surface area contributed by atoms with Crippen molar-refractivity contribution in [1.29, 1.82) is 0 Å². The van der Waals surface area contributed by atoms with E-state index in [9.17, 15) is 19.2 Å². The number of allylic oxidation sites excluding steroid dienone is 4. The monoisotopic (exact) mass is 638 g/mol. The fraction of sp³-hybridized carbons (Fsp3) is 0.737. The minimum Gasteiger partial charge on any atom is -0.459 e. The summed E-state index contributed by atoms with van der Waals surface area (Å²) < 4.78 is 11.8. The van der Waals surface area contributed by atoms with Gasteiger partial charge in [-0.05, 0) is 115 Å². The molecule has 2 rings (SSSR count). The Morgan fingerprint density at radius 1 is 0.630 bits per heavy atom. The molecule has 0 heterocycles. The first kappa shape index (κ1) is 39.1. The van der Waals surface area contributed by atoms with E-state index in [4.69, 9.17) is 9.47 Å². The number of unbranched alkanes of at least 4 members (excludes halogenated alkanes) is 8. The van der Waals surface area contributed by atoms with Gasteiger partial charge in [-0.2, -0.15) is 0 Å². The van der Waals surface area contributed by atoms with E-state index in [0.717, 1.165) is 141 Å². The number of hydrogen-bond donors (Lipinski definition) is 0. The van der Waals surface area contributed by atoms with E-state index in [1.165, 1.54) is 12.2 Å². The van der Waals surface area contributed by atoms with Crippen LogP contribution in [0.15, 0.2) is 46.4 Å². The summed E-state index contributed by atoms with van der Waals surface area (Å²) in [5.41, 5.74) is 0. The lowest BCUT2D eigenvalue weighted by molar-refractivity contribution is -0.147. The number of rotatable bonds is 24. The smallest absolute Gasteiger partial charge is 0.331 e. The Morgan fingerprint density at radius 2 is 1.04 bits per heavy atom. The molecule has 0 bridgehead atoms. The van der Waals surface area contributed by atoms with Crippen molar-refractivity contribution < 1.29 is 28.7 Å². The van der Waals surface area contributed by atoms with Gasteiger partial charge >= 0.3 is 11.9 Å². The largest absolute Gasteiger partial charge is 0.459 e. The molecule has 0 saturated carbocycles. The zero-order chi connectivity index (χ0) is 32.9. The van der Waals surface area contributed by atoms with Crippen LogP contribution in [0.25, 0.3) is 0 Å². The van der Waals surface area contributed by atoms with Crippen LogP contribution >= 0.6 is 0 Å². The molecule has 0 amide bonds. The summed E-state index contributed by atoms with van der Waals surface area (Å²) in [6, 6.07) is 0. The van der Waals surface area contributed by atoms with Gasteiger partial charge in [-0.1, -0.05) is 62.8 Å². The number of aliphatic imine (C=N–C) groups is 2. The topological polar surface area (TPSA) is 111 Å². The highest BCUT2D eigenvalue weighted by Crippen LogP contribution is 2.27. The molecule has 2 aliphatic rings. The van der Waals surface area contributed by atoms with Gasteiger partial charge in [0, 0.05) is 12.2 Å². The quantitative estimate of drug-likeness (QED) is 0.0260. The fourth-order valence-corrected chi connectivity index (χ4v) is 6.54. The highest BCUT2D eigenvalue weighted by molar-refractivity contribution is 5.91. The number of esters is 2. The van der Waals surface area contributed by atoms with E-state index in [0.29, 0.717) is 24.9 Å². The first-order valence-electron chi connectivity index (χ1n) is 18.1. The van der Waals surface area contributed by atoms with Crippen LogP contribution in [0.3, 0.4) is 0 Å². The second-order valence-corrected chi connectivity index (χ2v) is 13.0. The number of isocyanates is 2. The Hall–Kier alpha value is -3.08. The summed E-state index contributed by atoms with van der Waals surface area (Å²) in [6.07, 6.45) is 36.3. The Labute approximate surface area is 277 Å². The van der Waals surface area contributed by atoms with Crippen LogP contribution in [0.2, 0.25) is 0 Å². The van der Waals surface area contributed by atoms with E-state index in [-0.39, 0.29) is 12.2 Å². The third kappa shape index (κ3) is 20.9. The molecule has 4 unspecified atom stereocenters. The highest BCUT2D eigenvalue weighted by atomic mass is 16.5. The van der Waals surface area contributed by atoms with Crippen molar-refractivity contribution in [2.45, 2.75) is 153 Å².